The average molecular weight is 465 g/mol. The van der Waals surface area contributed by atoms with Crippen LogP contribution in [-0.4, -0.2) is 21.0 Å². The summed E-state index contributed by atoms with van der Waals surface area (Å²) in [5.74, 6) is 0.194. The lowest BCUT2D eigenvalue weighted by Crippen LogP contribution is -2.34. The fraction of sp³-hybridized carbons (Fsp3) is 0.0370. The number of aromatic nitrogens is 2. The van der Waals surface area contributed by atoms with E-state index < -0.39 is 0 Å². The van der Waals surface area contributed by atoms with Crippen molar-refractivity contribution < 1.29 is 9.21 Å². The molecule has 2 aromatic heterocycles. The molecule has 34 heavy (non-hydrogen) atoms. The van der Waals surface area contributed by atoms with Crippen molar-refractivity contribution >= 4 is 40.2 Å². The minimum Gasteiger partial charge on any atom is -0.434 e. The van der Waals surface area contributed by atoms with Crippen LogP contribution in [0.1, 0.15) is 15.9 Å². The number of nitrogens with zero attached hydrogens (tertiary/aromatic N) is 2. The number of pyridine rings is 1. The number of amides is 1. The molecule has 0 bridgehead atoms. The van der Waals surface area contributed by atoms with Crippen LogP contribution in [0.5, 0.6) is 0 Å². The molecule has 0 unspecified atom stereocenters. The number of benzene rings is 3. The molecule has 1 amide bonds. The van der Waals surface area contributed by atoms with E-state index in [9.17, 15) is 4.79 Å². The molecule has 0 atom stereocenters. The predicted molar refractivity (Wildman–Crippen MR) is 138 cm³/mol. The molecule has 0 fully saturated rings. The highest BCUT2D eigenvalue weighted by Gasteiger charge is 2.15. The van der Waals surface area contributed by atoms with Gasteiger partial charge in [-0.1, -0.05) is 48.5 Å². The largest absolute Gasteiger partial charge is 0.434 e. The molecule has 7 heteroatoms. The van der Waals surface area contributed by atoms with Gasteiger partial charge in [0, 0.05) is 23.0 Å². The first kappa shape index (κ1) is 21.5. The van der Waals surface area contributed by atoms with Gasteiger partial charge < -0.3 is 9.73 Å². The summed E-state index contributed by atoms with van der Waals surface area (Å²) in [6.45, 7) is 1.94. The molecular weight excluding hydrogens is 444 g/mol. The van der Waals surface area contributed by atoms with Crippen molar-refractivity contribution in [3.63, 3.8) is 0 Å². The van der Waals surface area contributed by atoms with Crippen LogP contribution in [0.15, 0.2) is 95.5 Å². The van der Waals surface area contributed by atoms with Crippen molar-refractivity contribution in [2.45, 2.75) is 6.92 Å². The minimum absolute atomic E-state index is 0.205. The molecule has 0 spiro atoms. The third kappa shape index (κ3) is 4.42. The van der Waals surface area contributed by atoms with Crippen LogP contribution in [0.25, 0.3) is 33.8 Å². The van der Waals surface area contributed by atoms with Crippen molar-refractivity contribution in [2.75, 3.05) is 5.32 Å². The van der Waals surface area contributed by atoms with Crippen LogP contribution in [0.3, 0.4) is 0 Å². The topological polar surface area (TPSA) is 80.0 Å². The quantitative estimate of drug-likeness (QED) is 0.318. The molecular formula is C27H20N4O2S. The van der Waals surface area contributed by atoms with Crippen LogP contribution in [0, 0.1) is 6.92 Å². The number of hydrogen-bond acceptors (Lipinski definition) is 5. The second-order valence-electron chi connectivity index (χ2n) is 7.67. The molecule has 0 aliphatic rings. The van der Waals surface area contributed by atoms with E-state index in [0.29, 0.717) is 22.7 Å². The second kappa shape index (κ2) is 9.25. The molecule has 2 heterocycles. The van der Waals surface area contributed by atoms with Crippen LogP contribution in [0.4, 0.5) is 5.69 Å². The van der Waals surface area contributed by atoms with Crippen molar-refractivity contribution in [3.8, 4) is 22.6 Å². The zero-order valence-corrected chi connectivity index (χ0v) is 19.1. The van der Waals surface area contributed by atoms with E-state index in [4.69, 9.17) is 16.6 Å². The first-order valence-corrected chi connectivity index (χ1v) is 11.1. The molecule has 0 aliphatic carbocycles. The zero-order valence-electron chi connectivity index (χ0n) is 18.3. The number of anilines is 1. The smallest absolute Gasteiger partial charge is 0.257 e. The maximum absolute atomic E-state index is 12.7. The monoisotopic (exact) mass is 464 g/mol. The second-order valence-corrected chi connectivity index (χ2v) is 8.08. The number of fused-ring (bicyclic) bond motifs is 1. The van der Waals surface area contributed by atoms with Crippen molar-refractivity contribution in [3.05, 3.63) is 102 Å². The van der Waals surface area contributed by atoms with E-state index >= 15 is 0 Å². The summed E-state index contributed by atoms with van der Waals surface area (Å²) in [5.41, 5.74) is 6.28. The summed E-state index contributed by atoms with van der Waals surface area (Å²) in [5, 5.41) is 6.06. The molecule has 0 aliphatic heterocycles. The average Bonchev–Trinajstić information content (AvgIpc) is 3.30. The van der Waals surface area contributed by atoms with Gasteiger partial charge in [-0.05, 0) is 72.2 Å². The first-order chi connectivity index (χ1) is 16.6. The van der Waals surface area contributed by atoms with Crippen molar-refractivity contribution in [2.24, 2.45) is 0 Å². The summed E-state index contributed by atoms with van der Waals surface area (Å²) < 4.78 is 5.85. The van der Waals surface area contributed by atoms with E-state index in [-0.39, 0.29) is 11.0 Å². The highest BCUT2D eigenvalue weighted by atomic mass is 32.1. The van der Waals surface area contributed by atoms with Gasteiger partial charge in [-0.25, -0.2) is 4.98 Å². The van der Waals surface area contributed by atoms with Gasteiger partial charge in [-0.2, -0.15) is 4.98 Å². The van der Waals surface area contributed by atoms with E-state index in [1.54, 1.807) is 24.4 Å². The molecule has 0 saturated heterocycles. The SMILES string of the molecule is Cc1c(NC(=S)NC(=O)c2ccc(-c3ccccc3)cc2)cccc1-c1nc2ncccc2o1. The lowest BCUT2D eigenvalue weighted by atomic mass is 10.0. The first-order valence-electron chi connectivity index (χ1n) is 10.7. The molecule has 3 aromatic carbocycles. The Balaban J connectivity index is 1.29. The van der Waals surface area contributed by atoms with E-state index in [0.717, 1.165) is 27.9 Å². The maximum Gasteiger partial charge on any atom is 0.257 e. The molecule has 0 saturated carbocycles. The third-order valence-corrected chi connectivity index (χ3v) is 5.66. The standard InChI is InChI=1S/C27H20N4O2S/c1-17-21(26-30-24-23(33-26)11-6-16-28-24)9-5-10-22(17)29-27(34)31-25(32)20-14-12-19(13-15-20)18-7-3-2-4-8-18/h2-16H,1H3,(H2,29,31,32,34). The number of hydrogen-bond donors (Lipinski definition) is 2. The summed E-state index contributed by atoms with van der Waals surface area (Å²) in [6.07, 6.45) is 1.68. The fourth-order valence-corrected chi connectivity index (χ4v) is 3.86. The number of rotatable bonds is 4. The summed E-state index contributed by atoms with van der Waals surface area (Å²) in [4.78, 5) is 21.4. The fourth-order valence-electron chi connectivity index (χ4n) is 3.66. The summed E-state index contributed by atoms with van der Waals surface area (Å²) in [7, 11) is 0. The lowest BCUT2D eigenvalue weighted by molar-refractivity contribution is 0.0977. The molecule has 0 radical (unpaired) electrons. The van der Waals surface area contributed by atoms with Gasteiger partial charge in [0.25, 0.3) is 5.91 Å². The highest BCUT2D eigenvalue weighted by Crippen LogP contribution is 2.30. The van der Waals surface area contributed by atoms with Crippen molar-refractivity contribution in [1.82, 2.24) is 15.3 Å². The number of carbonyl (C=O) groups is 1. The van der Waals surface area contributed by atoms with Crippen molar-refractivity contribution in [1.29, 1.82) is 0 Å². The van der Waals surface area contributed by atoms with Crippen LogP contribution >= 0.6 is 12.2 Å². The maximum atomic E-state index is 12.7. The Bertz CT molecular complexity index is 1460. The third-order valence-electron chi connectivity index (χ3n) is 5.46. The number of oxazole rings is 1. The van der Waals surface area contributed by atoms with Gasteiger partial charge in [0.15, 0.2) is 16.3 Å². The predicted octanol–water partition coefficient (Wildman–Crippen LogP) is 5.99. The minimum atomic E-state index is -0.282. The summed E-state index contributed by atoms with van der Waals surface area (Å²) in [6, 6.07) is 26.7. The highest BCUT2D eigenvalue weighted by molar-refractivity contribution is 7.80. The van der Waals surface area contributed by atoms with Crippen LogP contribution in [0.2, 0.25) is 0 Å². The Morgan fingerprint density at radius 1 is 0.882 bits per heavy atom. The van der Waals surface area contributed by atoms with Gasteiger partial charge >= 0.3 is 0 Å². The molecule has 6 nitrogen and oxygen atoms in total. The number of nitrogens with one attached hydrogen (secondary N) is 2. The van der Waals surface area contributed by atoms with Gasteiger partial charge in [0.2, 0.25) is 5.89 Å². The Kier molecular flexibility index (Phi) is 5.84. The normalized spacial score (nSPS) is 10.7. The molecule has 166 valence electrons. The Morgan fingerprint density at radius 3 is 2.41 bits per heavy atom. The van der Waals surface area contributed by atoms with E-state index in [2.05, 4.69) is 20.6 Å². The lowest BCUT2D eigenvalue weighted by Gasteiger charge is -2.13. The van der Waals surface area contributed by atoms with Gasteiger partial charge in [-0.3, -0.25) is 10.1 Å². The zero-order chi connectivity index (χ0) is 23.5. The van der Waals surface area contributed by atoms with Crippen LogP contribution in [-0.2, 0) is 0 Å². The number of thiocarbonyl (C=S) groups is 1. The van der Waals surface area contributed by atoms with Gasteiger partial charge in [0.05, 0.1) is 0 Å². The van der Waals surface area contributed by atoms with E-state index in [1.165, 1.54) is 0 Å². The van der Waals surface area contributed by atoms with Crippen LogP contribution < -0.4 is 10.6 Å². The number of carbonyl (C=O) groups excluding carboxylic acids is 1. The summed E-state index contributed by atoms with van der Waals surface area (Å²) >= 11 is 5.39. The van der Waals surface area contributed by atoms with Gasteiger partial charge in [0.1, 0.15) is 0 Å². The Hall–Kier alpha value is -4.36. The van der Waals surface area contributed by atoms with Gasteiger partial charge in [-0.15, -0.1) is 0 Å². The Morgan fingerprint density at radius 2 is 1.65 bits per heavy atom. The van der Waals surface area contributed by atoms with E-state index in [1.807, 2.05) is 73.7 Å². The molecule has 5 aromatic rings. The molecule has 2 N–H and O–H groups in total. The Labute approximate surface area is 201 Å². The molecule has 5 rings (SSSR count).